The molecule has 1 N–H and O–H groups in total. The summed E-state index contributed by atoms with van der Waals surface area (Å²) >= 11 is 0. The summed E-state index contributed by atoms with van der Waals surface area (Å²) in [5, 5.41) is 9.47. The Labute approximate surface area is 170 Å². The number of aliphatic hydroxyl groups excluding tert-OH is 1. The van der Waals surface area contributed by atoms with Crippen LogP contribution in [0.5, 0.6) is 0 Å². The van der Waals surface area contributed by atoms with E-state index in [0.29, 0.717) is 11.3 Å². The molecule has 4 aliphatic carbocycles. The van der Waals surface area contributed by atoms with Gasteiger partial charge in [0.05, 0.1) is 0 Å². The molecule has 1 saturated heterocycles. The molecule has 3 heteroatoms. The summed E-state index contributed by atoms with van der Waals surface area (Å²) in [4.78, 5) is 15.0. The first-order valence-corrected chi connectivity index (χ1v) is 11.8. The number of nitrogens with zero attached hydrogens (tertiary/aromatic N) is 1. The van der Waals surface area contributed by atoms with Crippen molar-refractivity contribution >= 4 is 5.78 Å². The fourth-order valence-corrected chi connectivity index (χ4v) is 8.20. The molecule has 0 amide bonds. The second kappa shape index (κ2) is 6.72. The lowest BCUT2D eigenvalue weighted by molar-refractivity contribution is -0.132. The third kappa shape index (κ3) is 2.61. The van der Waals surface area contributed by atoms with Crippen LogP contribution in [0.25, 0.3) is 0 Å². The van der Waals surface area contributed by atoms with Crippen molar-refractivity contribution < 1.29 is 9.90 Å². The zero-order valence-corrected chi connectivity index (χ0v) is 17.8. The number of likely N-dealkylation sites (tertiary alicyclic amines) is 1. The van der Waals surface area contributed by atoms with Gasteiger partial charge in [-0.05, 0) is 98.0 Å². The maximum absolute atomic E-state index is 12.4. The van der Waals surface area contributed by atoms with Gasteiger partial charge in [-0.1, -0.05) is 19.9 Å². The van der Waals surface area contributed by atoms with Crippen molar-refractivity contribution in [3.63, 3.8) is 0 Å². The zero-order valence-electron chi connectivity index (χ0n) is 17.8. The molecule has 5 rings (SSSR count). The summed E-state index contributed by atoms with van der Waals surface area (Å²) in [5.74, 6) is 2.34. The van der Waals surface area contributed by atoms with Crippen molar-refractivity contribution in [3.8, 4) is 0 Å². The monoisotopic (exact) mass is 383 g/mol. The maximum atomic E-state index is 12.4. The second-order valence-electron chi connectivity index (χ2n) is 10.8. The highest BCUT2D eigenvalue weighted by Gasteiger charge is 2.59. The van der Waals surface area contributed by atoms with Crippen LogP contribution in [0.15, 0.2) is 23.4 Å². The molecule has 0 aromatic carbocycles. The Bertz CT molecular complexity index is 718. The molecule has 154 valence electrons. The molecule has 1 aliphatic heterocycles. The van der Waals surface area contributed by atoms with E-state index >= 15 is 0 Å². The number of Topliss-reactive ketones (excluding diaryl/α,β-unsaturated/α-hetero) is 1. The lowest BCUT2D eigenvalue weighted by Crippen LogP contribution is -2.50. The van der Waals surface area contributed by atoms with Crippen molar-refractivity contribution in [2.75, 3.05) is 19.7 Å². The lowest BCUT2D eigenvalue weighted by Gasteiger charge is -2.57. The minimum Gasteiger partial charge on any atom is -0.389 e. The molecule has 0 spiro atoms. The van der Waals surface area contributed by atoms with Crippen LogP contribution in [0.2, 0.25) is 0 Å². The molecule has 0 unspecified atom stereocenters. The smallest absolute Gasteiger partial charge is 0.161 e. The molecular formula is C25H37NO2. The van der Waals surface area contributed by atoms with E-state index in [-0.39, 0.29) is 23.7 Å². The fraction of sp³-hybridized carbons (Fsp3) is 0.800. The summed E-state index contributed by atoms with van der Waals surface area (Å²) < 4.78 is 0. The Hall–Kier alpha value is -1.09. The molecule has 2 saturated carbocycles. The Morgan fingerprint density at radius 2 is 1.93 bits per heavy atom. The van der Waals surface area contributed by atoms with Gasteiger partial charge in [-0.25, -0.2) is 0 Å². The number of ketones is 1. The van der Waals surface area contributed by atoms with Gasteiger partial charge in [0.1, 0.15) is 6.61 Å². The first-order valence-electron chi connectivity index (χ1n) is 11.8. The van der Waals surface area contributed by atoms with E-state index in [0.717, 1.165) is 18.3 Å². The van der Waals surface area contributed by atoms with E-state index in [4.69, 9.17) is 0 Å². The second-order valence-corrected chi connectivity index (χ2v) is 10.8. The van der Waals surface area contributed by atoms with E-state index in [1.54, 1.807) is 11.3 Å². The van der Waals surface area contributed by atoms with E-state index in [2.05, 4.69) is 30.9 Å². The Morgan fingerprint density at radius 1 is 1.14 bits per heavy atom. The van der Waals surface area contributed by atoms with Crippen LogP contribution < -0.4 is 0 Å². The van der Waals surface area contributed by atoms with Gasteiger partial charge in [0, 0.05) is 24.7 Å². The third-order valence-electron chi connectivity index (χ3n) is 9.80. The summed E-state index contributed by atoms with van der Waals surface area (Å²) in [5.41, 5.74) is 3.65. The van der Waals surface area contributed by atoms with Crippen LogP contribution in [0, 0.1) is 34.5 Å². The number of carbonyl (C=O) groups excluding carboxylic acids is 1. The van der Waals surface area contributed by atoms with Crippen LogP contribution >= 0.6 is 0 Å². The van der Waals surface area contributed by atoms with Gasteiger partial charge in [0.15, 0.2) is 5.78 Å². The predicted molar refractivity (Wildman–Crippen MR) is 112 cm³/mol. The largest absolute Gasteiger partial charge is 0.389 e. The first-order chi connectivity index (χ1) is 13.5. The van der Waals surface area contributed by atoms with Crippen LogP contribution in [-0.4, -0.2) is 35.5 Å². The number of carbonyl (C=O) groups is 1. The fourth-order valence-electron chi connectivity index (χ4n) is 8.20. The number of hydrogen-bond acceptors (Lipinski definition) is 3. The molecule has 0 radical (unpaired) electrons. The van der Waals surface area contributed by atoms with Crippen molar-refractivity contribution in [1.82, 2.24) is 4.90 Å². The van der Waals surface area contributed by atoms with E-state index < -0.39 is 0 Å². The summed E-state index contributed by atoms with van der Waals surface area (Å²) in [7, 11) is 0. The van der Waals surface area contributed by atoms with Gasteiger partial charge in [-0.3, -0.25) is 4.79 Å². The summed E-state index contributed by atoms with van der Waals surface area (Å²) in [6.07, 6.45) is 16.2. The molecule has 1 heterocycles. The average Bonchev–Trinajstić information content (AvgIpc) is 3.34. The average molecular weight is 384 g/mol. The predicted octanol–water partition coefficient (Wildman–Crippen LogP) is 4.72. The normalized spacial score (nSPS) is 45.0. The molecule has 6 atom stereocenters. The van der Waals surface area contributed by atoms with Gasteiger partial charge in [-0.15, -0.1) is 0 Å². The highest BCUT2D eigenvalue weighted by molar-refractivity contribution is 5.83. The molecule has 28 heavy (non-hydrogen) atoms. The number of aliphatic hydroxyl groups is 1. The van der Waals surface area contributed by atoms with Crippen LogP contribution in [-0.2, 0) is 4.79 Å². The van der Waals surface area contributed by atoms with E-state index in [1.165, 1.54) is 64.5 Å². The SMILES string of the molecule is C[C@]12CC[C@H]3[C@@H](CC=C4C=C(N5CCCC5)CC[C@@]43C)[C@@H]1CC[C@@H]2C(=O)CO. The van der Waals surface area contributed by atoms with Crippen molar-refractivity contribution in [2.24, 2.45) is 34.5 Å². The molecule has 3 nitrogen and oxygen atoms in total. The third-order valence-corrected chi connectivity index (χ3v) is 9.80. The molecule has 0 bridgehead atoms. The lowest BCUT2D eigenvalue weighted by atomic mass is 9.48. The summed E-state index contributed by atoms with van der Waals surface area (Å²) in [6, 6.07) is 0. The minimum absolute atomic E-state index is 0.0923. The van der Waals surface area contributed by atoms with Crippen LogP contribution in [0.4, 0.5) is 0 Å². The number of hydrogen-bond donors (Lipinski definition) is 1. The Morgan fingerprint density at radius 3 is 2.68 bits per heavy atom. The standard InChI is InChI=1S/C25H37NO2/c1-24-11-9-18(26-13-3-4-14-26)15-17(24)5-6-19-20-7-8-22(23(28)16-27)25(20,2)12-10-21(19)24/h5,15,19-22,27H,3-4,6-14,16H2,1-2H3/t19-,20-,21-,22+,24-,25-/m0/s1. The van der Waals surface area contributed by atoms with Gasteiger partial charge in [0.25, 0.3) is 0 Å². The first kappa shape index (κ1) is 18.9. The topological polar surface area (TPSA) is 40.5 Å². The molecule has 0 aromatic heterocycles. The molecule has 0 aromatic rings. The molecular weight excluding hydrogens is 346 g/mol. The quantitative estimate of drug-likeness (QED) is 0.767. The van der Waals surface area contributed by atoms with Crippen LogP contribution in [0.1, 0.15) is 71.6 Å². The van der Waals surface area contributed by atoms with E-state index in [9.17, 15) is 9.90 Å². The highest BCUT2D eigenvalue weighted by atomic mass is 16.3. The minimum atomic E-state index is -0.271. The van der Waals surface area contributed by atoms with Crippen molar-refractivity contribution in [1.29, 1.82) is 0 Å². The Balaban J connectivity index is 1.43. The highest BCUT2D eigenvalue weighted by Crippen LogP contribution is 2.66. The molecule has 3 fully saturated rings. The van der Waals surface area contributed by atoms with Gasteiger partial charge >= 0.3 is 0 Å². The van der Waals surface area contributed by atoms with Gasteiger partial charge < -0.3 is 10.0 Å². The van der Waals surface area contributed by atoms with Crippen molar-refractivity contribution in [2.45, 2.75) is 71.6 Å². The number of allylic oxidation sites excluding steroid dienone is 4. The summed E-state index contributed by atoms with van der Waals surface area (Å²) in [6.45, 7) is 7.14. The van der Waals surface area contributed by atoms with E-state index in [1.807, 2.05) is 0 Å². The maximum Gasteiger partial charge on any atom is 0.161 e. The number of rotatable bonds is 3. The zero-order chi connectivity index (χ0) is 19.5. The van der Waals surface area contributed by atoms with Gasteiger partial charge in [0.2, 0.25) is 0 Å². The Kier molecular flexibility index (Phi) is 4.54. The van der Waals surface area contributed by atoms with Crippen LogP contribution in [0.3, 0.4) is 0 Å². The van der Waals surface area contributed by atoms with Crippen molar-refractivity contribution in [3.05, 3.63) is 23.4 Å². The van der Waals surface area contributed by atoms with Gasteiger partial charge in [-0.2, -0.15) is 0 Å². The number of fused-ring (bicyclic) bond motifs is 5. The molecule has 5 aliphatic rings.